The molecule has 0 unspecified atom stereocenters. The van der Waals surface area contributed by atoms with E-state index in [-0.39, 0.29) is 18.3 Å². The quantitative estimate of drug-likeness (QED) is 0.0948. The zero-order valence-electron chi connectivity index (χ0n) is 62.7. The zero-order chi connectivity index (χ0) is 76.9. The number of nitrogens with zero attached hydrogens (tertiary/aromatic N) is 10. The molecule has 11 heterocycles. The molecule has 21 rings (SSSR count). The van der Waals surface area contributed by atoms with Crippen molar-refractivity contribution < 1.29 is 9.31 Å². The van der Waals surface area contributed by atoms with Gasteiger partial charge in [0.2, 0.25) is 0 Å². The summed E-state index contributed by atoms with van der Waals surface area (Å²) in [4.78, 5) is 47.6. The normalized spacial score (nSPS) is 13.0. The third-order valence-electron chi connectivity index (χ3n) is 21.7. The second kappa shape index (κ2) is 29.8. The highest BCUT2D eigenvalue weighted by atomic mass is 79.9. The Labute approximate surface area is 667 Å². The minimum atomic E-state index is -0.370. The molecule has 0 N–H and O–H groups in total. The summed E-state index contributed by atoms with van der Waals surface area (Å²) in [6, 6.07) is 109. The Balaban J connectivity index is 0.000000121. The van der Waals surface area contributed by atoms with Gasteiger partial charge in [0.05, 0.1) is 89.5 Å². The lowest BCUT2D eigenvalue weighted by atomic mass is 9.78. The van der Waals surface area contributed by atoms with Gasteiger partial charge in [-0.05, 0) is 194 Å². The molecule has 1 aliphatic rings. The van der Waals surface area contributed by atoms with Crippen LogP contribution in [0.1, 0.15) is 27.7 Å². The average Bonchev–Trinajstić information content (AvgIpc) is 1.32. The molecule has 10 aromatic heterocycles. The number of hydrogen-bond acceptors (Lipinski definition) is 12. The van der Waals surface area contributed by atoms with Crippen LogP contribution in [-0.2, 0) is 9.31 Å². The third kappa shape index (κ3) is 14.3. The molecule has 0 bridgehead atoms. The van der Waals surface area contributed by atoms with E-state index < -0.39 is 0 Å². The first-order chi connectivity index (χ1) is 55.8. The fraction of sp³-hybridized carbons (Fsp3) is 0.0600. The average molecular weight is 1530 g/mol. The lowest BCUT2D eigenvalue weighted by molar-refractivity contribution is 0.00578. The number of fused-ring (bicyclic) bond motifs is 10. The van der Waals surface area contributed by atoms with Crippen molar-refractivity contribution in [2.75, 3.05) is 0 Å². The van der Waals surface area contributed by atoms with Crippen molar-refractivity contribution in [1.29, 1.82) is 0 Å². The molecule has 0 saturated carbocycles. The van der Waals surface area contributed by atoms with Crippen LogP contribution in [0.15, 0.2) is 357 Å². The third-order valence-corrected chi connectivity index (χ3v) is 22.2. The van der Waals surface area contributed by atoms with Crippen LogP contribution in [-0.4, -0.2) is 68.2 Å². The van der Waals surface area contributed by atoms with E-state index in [4.69, 9.17) is 39.2 Å². The maximum absolute atomic E-state index is 6.20. The number of hydrogen-bond donors (Lipinski definition) is 0. The maximum atomic E-state index is 6.20. The first kappa shape index (κ1) is 70.6. The monoisotopic (exact) mass is 1530 g/mol. The van der Waals surface area contributed by atoms with Crippen molar-refractivity contribution in [1.82, 2.24) is 49.8 Å². The summed E-state index contributed by atoms with van der Waals surface area (Å²) in [5, 5.41) is 8.73. The van der Waals surface area contributed by atoms with Crippen molar-refractivity contribution in [3.63, 3.8) is 0 Å². The number of aromatic nitrogens is 10. The summed E-state index contributed by atoms with van der Waals surface area (Å²) >= 11 is 3.52. The van der Waals surface area contributed by atoms with Crippen molar-refractivity contribution in [3.8, 4) is 101 Å². The van der Waals surface area contributed by atoms with Gasteiger partial charge in [0.1, 0.15) is 0 Å². The van der Waals surface area contributed by atoms with Crippen molar-refractivity contribution in [2.45, 2.75) is 38.9 Å². The van der Waals surface area contributed by atoms with Crippen molar-refractivity contribution >= 4 is 116 Å². The van der Waals surface area contributed by atoms with Gasteiger partial charge in [-0.2, -0.15) is 0 Å². The van der Waals surface area contributed by atoms with Crippen LogP contribution >= 0.6 is 15.9 Å². The van der Waals surface area contributed by atoms with Gasteiger partial charge in [0, 0.05) is 124 Å². The standard InChI is InChI=1S/C47H29N5.C27H16BrN3.C26H25BN2O2/c1-5-32(40-10-3-23-48-29-40)25-35(6-1)41-21-16-38-26-33(14-19-43(38)50-41)34-15-20-44-39(27-34)17-22-42(51-44)36-7-2-8-37(28-36)45-18-13-31-12-11-30-9-4-24-49-46(30)47(31)52-45;28-22-10-13-24-21(16-22)9-12-23(30-24)19-3-1-4-20(15-19)25-11-8-18-7-6-17-5-2-14-29-26(17)27(18)31-25;1-25(2)26(3,4)31-27(30-25)22-11-13-24-20(16-22)10-12-23(29-24)19-8-5-7-18(15-19)21-9-6-14-28-17-21/h1-29H;1-16H;5-17H,1-4H3. The van der Waals surface area contributed by atoms with Crippen LogP contribution in [0.2, 0.25) is 0 Å². The molecule has 0 aliphatic carbocycles. The maximum Gasteiger partial charge on any atom is 0.494 e. The van der Waals surface area contributed by atoms with Gasteiger partial charge in [0.25, 0.3) is 0 Å². The zero-order valence-corrected chi connectivity index (χ0v) is 64.3. The molecule has 1 aliphatic heterocycles. The summed E-state index contributed by atoms with van der Waals surface area (Å²) < 4.78 is 13.5. The molecule has 0 atom stereocenters. The highest BCUT2D eigenvalue weighted by molar-refractivity contribution is 9.10. The van der Waals surface area contributed by atoms with Crippen molar-refractivity contribution in [3.05, 3.63) is 357 Å². The Morgan fingerprint density at radius 2 is 0.553 bits per heavy atom. The first-order valence-electron chi connectivity index (χ1n) is 38.0. The van der Waals surface area contributed by atoms with Gasteiger partial charge in [-0.25, -0.2) is 29.9 Å². The summed E-state index contributed by atoms with van der Waals surface area (Å²) in [6.07, 6.45) is 11.0. The van der Waals surface area contributed by atoms with Crippen LogP contribution < -0.4 is 5.46 Å². The van der Waals surface area contributed by atoms with E-state index in [9.17, 15) is 0 Å². The van der Waals surface area contributed by atoms with Crippen LogP contribution in [0.4, 0.5) is 0 Å². The summed E-state index contributed by atoms with van der Waals surface area (Å²) in [5.41, 5.74) is 26.6. The Morgan fingerprint density at radius 1 is 0.246 bits per heavy atom. The van der Waals surface area contributed by atoms with Gasteiger partial charge in [-0.15, -0.1) is 0 Å². The lowest BCUT2D eigenvalue weighted by Gasteiger charge is -2.32. The molecular formula is C100H70BBrN10O2. The highest BCUT2D eigenvalue weighted by Crippen LogP contribution is 2.39. The Morgan fingerprint density at radius 3 is 0.956 bits per heavy atom. The molecule has 12 nitrogen and oxygen atoms in total. The van der Waals surface area contributed by atoms with E-state index in [1.165, 1.54) is 0 Å². The highest BCUT2D eigenvalue weighted by Gasteiger charge is 2.51. The molecule has 0 radical (unpaired) electrons. The molecular weight excluding hydrogens is 1460 g/mol. The van der Waals surface area contributed by atoms with E-state index in [0.717, 1.165) is 198 Å². The number of benzene rings is 10. The molecule has 1 fully saturated rings. The molecule has 542 valence electrons. The van der Waals surface area contributed by atoms with E-state index in [1.54, 1.807) is 12.4 Å². The molecule has 20 aromatic rings. The topological polar surface area (TPSA) is 147 Å². The lowest BCUT2D eigenvalue weighted by Crippen LogP contribution is -2.41. The van der Waals surface area contributed by atoms with E-state index in [1.807, 2.05) is 73.3 Å². The van der Waals surface area contributed by atoms with Crippen LogP contribution in [0.3, 0.4) is 0 Å². The molecule has 1 saturated heterocycles. The Hall–Kier alpha value is -13.8. The summed E-state index contributed by atoms with van der Waals surface area (Å²) in [7, 11) is -0.370. The van der Waals surface area contributed by atoms with Crippen LogP contribution in [0, 0.1) is 0 Å². The van der Waals surface area contributed by atoms with E-state index in [0.29, 0.717) is 0 Å². The van der Waals surface area contributed by atoms with Gasteiger partial charge in [-0.3, -0.25) is 19.9 Å². The Kier molecular flexibility index (Phi) is 18.5. The minimum Gasteiger partial charge on any atom is -0.399 e. The van der Waals surface area contributed by atoms with E-state index >= 15 is 0 Å². The second-order valence-corrected chi connectivity index (χ2v) is 30.5. The minimum absolute atomic E-state index is 0.353. The Bertz CT molecular complexity index is 7110. The number of halogens is 1. The second-order valence-electron chi connectivity index (χ2n) is 29.6. The molecule has 14 heteroatoms. The van der Waals surface area contributed by atoms with Gasteiger partial charge in [-0.1, -0.05) is 198 Å². The van der Waals surface area contributed by atoms with Crippen LogP contribution in [0.5, 0.6) is 0 Å². The SMILES string of the molecule is Brc1ccc2nc(-c3cccc(-c4ccc5ccc6cccnc6c5n4)c3)ccc2c1.CC1(C)OB(c2ccc3nc(-c4cccc(-c5cccnc5)c4)ccc3c2)OC1(C)C.c1cncc(-c2cccc(-c3ccc4cc(-c5ccc6nc(-c7cccc(-c8ccc9ccc%10cccnc%10c9n8)c7)ccc6c5)ccc4n3)c2)c1. The fourth-order valence-corrected chi connectivity index (χ4v) is 15.2. The van der Waals surface area contributed by atoms with Gasteiger partial charge < -0.3 is 9.31 Å². The number of rotatable bonds is 10. The van der Waals surface area contributed by atoms with Gasteiger partial charge in [0.15, 0.2) is 0 Å². The molecule has 0 amide bonds. The smallest absolute Gasteiger partial charge is 0.399 e. The predicted octanol–water partition coefficient (Wildman–Crippen LogP) is 24.3. The van der Waals surface area contributed by atoms with Crippen LogP contribution in [0.25, 0.3) is 188 Å². The predicted molar refractivity (Wildman–Crippen MR) is 470 cm³/mol. The number of pyridine rings is 10. The molecule has 114 heavy (non-hydrogen) atoms. The van der Waals surface area contributed by atoms with E-state index in [2.05, 4.69) is 330 Å². The molecule has 10 aromatic carbocycles. The summed E-state index contributed by atoms with van der Waals surface area (Å²) in [6.45, 7) is 8.28. The van der Waals surface area contributed by atoms with Crippen molar-refractivity contribution in [2.24, 2.45) is 0 Å². The first-order valence-corrected chi connectivity index (χ1v) is 38.8. The van der Waals surface area contributed by atoms with Gasteiger partial charge >= 0.3 is 7.12 Å². The summed E-state index contributed by atoms with van der Waals surface area (Å²) in [5.74, 6) is 0. The molecule has 0 spiro atoms. The largest absolute Gasteiger partial charge is 0.494 e. The fourth-order valence-electron chi connectivity index (χ4n) is 14.8.